The summed E-state index contributed by atoms with van der Waals surface area (Å²) >= 11 is 0. The molecule has 0 aliphatic carbocycles. The molecule has 5 heteroatoms. The van der Waals surface area contributed by atoms with Gasteiger partial charge >= 0.3 is 0 Å². The lowest BCUT2D eigenvalue weighted by atomic mass is 10.0. The number of hydrogen-bond donors (Lipinski definition) is 3. The molecule has 2 aliphatic rings. The topological polar surface area (TPSA) is 61.9 Å². The predicted octanol–water partition coefficient (Wildman–Crippen LogP) is -0.253. The SMILES string of the molecule is O=c1[nH]n(C2CCNCC2)c2c1CNCC2. The second-order valence-corrected chi connectivity index (χ2v) is 4.64. The maximum Gasteiger partial charge on any atom is 0.268 e. The first-order valence-corrected chi connectivity index (χ1v) is 6.10. The zero-order valence-electron chi connectivity index (χ0n) is 9.38. The molecule has 0 atom stereocenters. The smallest absolute Gasteiger partial charge is 0.268 e. The van der Waals surface area contributed by atoms with Crippen LogP contribution in [0.15, 0.2) is 4.79 Å². The Labute approximate surface area is 94.2 Å². The van der Waals surface area contributed by atoms with Crippen LogP contribution in [0.5, 0.6) is 0 Å². The Balaban J connectivity index is 1.97. The molecule has 16 heavy (non-hydrogen) atoms. The van der Waals surface area contributed by atoms with Gasteiger partial charge in [-0.25, -0.2) is 0 Å². The van der Waals surface area contributed by atoms with Crippen LogP contribution in [-0.4, -0.2) is 29.4 Å². The molecule has 88 valence electrons. The van der Waals surface area contributed by atoms with Gasteiger partial charge in [0.05, 0.1) is 11.6 Å². The molecule has 2 aliphatic heterocycles. The minimum atomic E-state index is 0.0979. The Morgan fingerprint density at radius 2 is 1.94 bits per heavy atom. The summed E-state index contributed by atoms with van der Waals surface area (Å²) in [5.74, 6) is 0. The standard InChI is InChI=1S/C11H18N4O/c16-11-9-7-13-6-3-10(9)15(14-11)8-1-4-12-5-2-8/h8,12-13H,1-7H2,(H,14,16). The summed E-state index contributed by atoms with van der Waals surface area (Å²) < 4.78 is 2.14. The number of nitrogens with zero attached hydrogens (tertiary/aromatic N) is 1. The van der Waals surface area contributed by atoms with Gasteiger partial charge in [0, 0.05) is 25.2 Å². The van der Waals surface area contributed by atoms with Gasteiger partial charge in [-0.15, -0.1) is 0 Å². The normalized spacial score (nSPS) is 22.0. The van der Waals surface area contributed by atoms with Gasteiger partial charge in [0.25, 0.3) is 5.56 Å². The molecular weight excluding hydrogens is 204 g/mol. The fraction of sp³-hybridized carbons (Fsp3) is 0.727. The maximum absolute atomic E-state index is 11.8. The van der Waals surface area contributed by atoms with Crippen molar-refractivity contribution in [3.8, 4) is 0 Å². The van der Waals surface area contributed by atoms with Gasteiger partial charge in [-0.1, -0.05) is 0 Å². The summed E-state index contributed by atoms with van der Waals surface area (Å²) in [4.78, 5) is 11.8. The van der Waals surface area contributed by atoms with E-state index in [0.717, 1.165) is 51.0 Å². The summed E-state index contributed by atoms with van der Waals surface area (Å²) in [6.07, 6.45) is 3.20. The highest BCUT2D eigenvalue weighted by Gasteiger charge is 2.23. The number of aromatic amines is 1. The fourth-order valence-corrected chi connectivity index (χ4v) is 2.77. The molecule has 1 aromatic heterocycles. The number of nitrogens with one attached hydrogen (secondary N) is 3. The molecule has 0 unspecified atom stereocenters. The summed E-state index contributed by atoms with van der Waals surface area (Å²) in [6, 6.07) is 0.482. The lowest BCUT2D eigenvalue weighted by Crippen LogP contribution is -2.32. The van der Waals surface area contributed by atoms with Crippen molar-refractivity contribution >= 4 is 0 Å². The molecule has 3 heterocycles. The van der Waals surface area contributed by atoms with E-state index in [2.05, 4.69) is 20.4 Å². The van der Waals surface area contributed by atoms with Gasteiger partial charge in [0.2, 0.25) is 0 Å². The van der Waals surface area contributed by atoms with E-state index in [0.29, 0.717) is 6.04 Å². The lowest BCUT2D eigenvalue weighted by molar-refractivity contribution is 0.332. The van der Waals surface area contributed by atoms with E-state index in [1.54, 1.807) is 0 Å². The molecule has 0 radical (unpaired) electrons. The second-order valence-electron chi connectivity index (χ2n) is 4.64. The Morgan fingerprint density at radius 1 is 1.12 bits per heavy atom. The number of hydrogen-bond acceptors (Lipinski definition) is 3. The Bertz CT molecular complexity index is 428. The van der Waals surface area contributed by atoms with Crippen LogP contribution in [0.1, 0.15) is 30.1 Å². The fourth-order valence-electron chi connectivity index (χ4n) is 2.77. The molecule has 5 nitrogen and oxygen atoms in total. The van der Waals surface area contributed by atoms with E-state index in [1.165, 1.54) is 5.69 Å². The van der Waals surface area contributed by atoms with Gasteiger partial charge < -0.3 is 10.6 Å². The van der Waals surface area contributed by atoms with Crippen LogP contribution in [-0.2, 0) is 13.0 Å². The summed E-state index contributed by atoms with van der Waals surface area (Å²) in [7, 11) is 0. The van der Waals surface area contributed by atoms with Gasteiger partial charge in [0.1, 0.15) is 0 Å². The van der Waals surface area contributed by atoms with Crippen LogP contribution in [0.4, 0.5) is 0 Å². The van der Waals surface area contributed by atoms with Gasteiger partial charge in [-0.05, 0) is 25.9 Å². The third-order valence-electron chi connectivity index (χ3n) is 3.65. The summed E-state index contributed by atoms with van der Waals surface area (Å²) in [5.41, 5.74) is 2.28. The van der Waals surface area contributed by atoms with E-state index in [4.69, 9.17) is 0 Å². The monoisotopic (exact) mass is 222 g/mol. The minimum Gasteiger partial charge on any atom is -0.317 e. The molecule has 3 rings (SSSR count). The summed E-state index contributed by atoms with van der Waals surface area (Å²) in [6.45, 7) is 3.81. The van der Waals surface area contributed by atoms with Crippen molar-refractivity contribution in [2.24, 2.45) is 0 Å². The zero-order chi connectivity index (χ0) is 11.0. The van der Waals surface area contributed by atoms with Gasteiger partial charge in [0.15, 0.2) is 0 Å². The maximum atomic E-state index is 11.8. The first-order valence-electron chi connectivity index (χ1n) is 6.10. The summed E-state index contributed by atoms with van der Waals surface area (Å²) in [5, 5.41) is 9.62. The van der Waals surface area contributed by atoms with Crippen molar-refractivity contribution in [1.82, 2.24) is 20.4 Å². The number of H-pyrrole nitrogens is 1. The molecule has 3 N–H and O–H groups in total. The van der Waals surface area contributed by atoms with Gasteiger partial charge in [-0.2, -0.15) is 0 Å². The Kier molecular flexibility index (Phi) is 2.57. The van der Waals surface area contributed by atoms with Crippen molar-refractivity contribution in [3.63, 3.8) is 0 Å². The van der Waals surface area contributed by atoms with E-state index in [1.807, 2.05) is 0 Å². The van der Waals surface area contributed by atoms with E-state index < -0.39 is 0 Å². The minimum absolute atomic E-state index is 0.0979. The van der Waals surface area contributed by atoms with Crippen molar-refractivity contribution in [3.05, 3.63) is 21.6 Å². The highest BCUT2D eigenvalue weighted by atomic mass is 16.1. The Hall–Kier alpha value is -1.07. The number of piperidine rings is 1. The van der Waals surface area contributed by atoms with Crippen molar-refractivity contribution in [1.29, 1.82) is 0 Å². The van der Waals surface area contributed by atoms with E-state index in [-0.39, 0.29) is 5.56 Å². The third kappa shape index (κ3) is 1.60. The first kappa shape index (κ1) is 10.1. The average Bonchev–Trinajstić information content (AvgIpc) is 2.69. The van der Waals surface area contributed by atoms with Crippen LogP contribution in [0.3, 0.4) is 0 Å². The van der Waals surface area contributed by atoms with E-state index in [9.17, 15) is 4.79 Å². The predicted molar refractivity (Wildman–Crippen MR) is 61.6 cm³/mol. The number of fused-ring (bicyclic) bond motifs is 1. The van der Waals surface area contributed by atoms with Crippen molar-refractivity contribution in [2.75, 3.05) is 19.6 Å². The molecule has 1 aromatic rings. The highest BCUT2D eigenvalue weighted by Crippen LogP contribution is 2.21. The first-order chi connectivity index (χ1) is 7.86. The number of rotatable bonds is 1. The van der Waals surface area contributed by atoms with Crippen LogP contribution in [0.25, 0.3) is 0 Å². The molecule has 0 spiro atoms. The Morgan fingerprint density at radius 3 is 2.75 bits per heavy atom. The van der Waals surface area contributed by atoms with Crippen LogP contribution in [0, 0.1) is 0 Å². The van der Waals surface area contributed by atoms with Crippen molar-refractivity contribution < 1.29 is 0 Å². The van der Waals surface area contributed by atoms with E-state index >= 15 is 0 Å². The molecule has 1 fully saturated rings. The van der Waals surface area contributed by atoms with Crippen molar-refractivity contribution in [2.45, 2.75) is 31.8 Å². The second kappa shape index (κ2) is 4.07. The van der Waals surface area contributed by atoms with Crippen LogP contribution >= 0.6 is 0 Å². The molecule has 0 aromatic carbocycles. The van der Waals surface area contributed by atoms with Crippen LogP contribution in [0.2, 0.25) is 0 Å². The molecule has 0 amide bonds. The zero-order valence-corrected chi connectivity index (χ0v) is 9.38. The lowest BCUT2D eigenvalue weighted by Gasteiger charge is -2.26. The van der Waals surface area contributed by atoms with Gasteiger partial charge in [-0.3, -0.25) is 14.6 Å². The largest absolute Gasteiger partial charge is 0.317 e. The van der Waals surface area contributed by atoms with Crippen LogP contribution < -0.4 is 16.2 Å². The number of aromatic nitrogens is 2. The molecular formula is C11H18N4O. The molecule has 1 saturated heterocycles. The average molecular weight is 222 g/mol. The highest BCUT2D eigenvalue weighted by molar-refractivity contribution is 5.21. The molecule has 0 bridgehead atoms. The molecule has 0 saturated carbocycles. The third-order valence-corrected chi connectivity index (χ3v) is 3.65. The quantitative estimate of drug-likeness (QED) is 0.614.